The Morgan fingerprint density at radius 2 is 1.97 bits per heavy atom. The van der Waals surface area contributed by atoms with Gasteiger partial charge in [-0.1, -0.05) is 19.9 Å². The topological polar surface area (TPSA) is 94.2 Å². The molecule has 0 unspecified atom stereocenters. The summed E-state index contributed by atoms with van der Waals surface area (Å²) in [7, 11) is 1.85. The maximum absolute atomic E-state index is 12.7. The van der Waals surface area contributed by atoms with Crippen molar-refractivity contribution in [2.75, 3.05) is 5.43 Å². The zero-order chi connectivity index (χ0) is 25.8. The fraction of sp³-hybridized carbons (Fsp3) is 0.370. The van der Waals surface area contributed by atoms with Gasteiger partial charge in [-0.25, -0.2) is 4.98 Å². The van der Waals surface area contributed by atoms with Crippen molar-refractivity contribution in [3.05, 3.63) is 62.4 Å². The standard InChI is InChI=1S/C27H30BrN5O3/c1-14-13-19(29-25-21(14)16(3)32-33(25)6)30-31-26(34)18-9-10-20(35-18)36-24-15(2)12-17-8-7-11-27(4,5)22(17)23(24)28/h9-10,12-13H,7-8,11H2,1-6H3,(H,29,30)(H,31,34). The van der Waals surface area contributed by atoms with Crippen LogP contribution in [0.3, 0.4) is 0 Å². The van der Waals surface area contributed by atoms with Crippen LogP contribution < -0.4 is 15.6 Å². The molecule has 2 N–H and O–H groups in total. The lowest BCUT2D eigenvalue weighted by Gasteiger charge is -2.34. The van der Waals surface area contributed by atoms with Gasteiger partial charge in [0.1, 0.15) is 11.6 Å². The van der Waals surface area contributed by atoms with E-state index in [4.69, 9.17) is 9.15 Å². The number of furan rings is 1. The molecule has 0 spiro atoms. The van der Waals surface area contributed by atoms with Crippen LogP contribution in [0.1, 0.15) is 65.2 Å². The van der Waals surface area contributed by atoms with Crippen molar-refractivity contribution < 1.29 is 13.9 Å². The van der Waals surface area contributed by atoms with E-state index >= 15 is 0 Å². The Bertz CT molecular complexity index is 1500. The number of aryl methyl sites for hydroxylation is 5. The molecule has 1 aliphatic rings. The fourth-order valence-electron chi connectivity index (χ4n) is 5.23. The van der Waals surface area contributed by atoms with E-state index in [2.05, 4.69) is 56.8 Å². The molecule has 1 amide bonds. The molecular weight excluding hydrogens is 522 g/mol. The largest absolute Gasteiger partial charge is 0.424 e. The third-order valence-electron chi connectivity index (χ3n) is 6.89. The van der Waals surface area contributed by atoms with Crippen LogP contribution in [-0.4, -0.2) is 20.7 Å². The van der Waals surface area contributed by atoms with Gasteiger partial charge in [-0.15, -0.1) is 0 Å². The molecule has 0 saturated heterocycles. The number of aromatic nitrogens is 3. The van der Waals surface area contributed by atoms with Gasteiger partial charge in [0.2, 0.25) is 0 Å². The highest BCUT2D eigenvalue weighted by molar-refractivity contribution is 9.10. The summed E-state index contributed by atoms with van der Waals surface area (Å²) in [5.41, 5.74) is 11.9. The van der Waals surface area contributed by atoms with Crippen LogP contribution in [0.2, 0.25) is 0 Å². The molecule has 1 aromatic carbocycles. The van der Waals surface area contributed by atoms with E-state index in [1.54, 1.807) is 16.8 Å². The van der Waals surface area contributed by atoms with E-state index in [1.165, 1.54) is 17.5 Å². The number of ether oxygens (including phenoxy) is 1. The van der Waals surface area contributed by atoms with E-state index in [9.17, 15) is 4.79 Å². The second-order valence-electron chi connectivity index (χ2n) is 10.1. The molecule has 0 radical (unpaired) electrons. The minimum absolute atomic E-state index is 0.0572. The molecule has 3 aromatic heterocycles. The second-order valence-corrected chi connectivity index (χ2v) is 10.9. The van der Waals surface area contributed by atoms with Crippen LogP contribution in [0, 0.1) is 20.8 Å². The van der Waals surface area contributed by atoms with Gasteiger partial charge in [0.05, 0.1) is 10.2 Å². The fourth-order valence-corrected chi connectivity index (χ4v) is 6.42. The molecule has 0 aliphatic heterocycles. The number of carbonyl (C=O) groups is 1. The predicted molar refractivity (Wildman–Crippen MR) is 143 cm³/mol. The van der Waals surface area contributed by atoms with Crippen LogP contribution in [0.5, 0.6) is 11.7 Å². The van der Waals surface area contributed by atoms with Crippen molar-refractivity contribution in [3.8, 4) is 11.7 Å². The molecule has 8 nitrogen and oxygen atoms in total. The first-order valence-electron chi connectivity index (χ1n) is 12.0. The van der Waals surface area contributed by atoms with Gasteiger partial charge in [-0.2, -0.15) is 5.10 Å². The number of amides is 1. The normalized spacial score (nSPS) is 14.5. The third kappa shape index (κ3) is 4.25. The van der Waals surface area contributed by atoms with Gasteiger partial charge in [-0.05, 0) is 95.8 Å². The summed E-state index contributed by atoms with van der Waals surface area (Å²) < 4.78 is 14.5. The molecular formula is C27H30BrN5O3. The molecule has 1 aliphatic carbocycles. The zero-order valence-corrected chi connectivity index (χ0v) is 23.0. The lowest BCUT2D eigenvalue weighted by atomic mass is 9.72. The average Bonchev–Trinajstić information content (AvgIpc) is 3.38. The number of halogens is 1. The third-order valence-corrected chi connectivity index (χ3v) is 7.65. The molecule has 0 bridgehead atoms. The maximum atomic E-state index is 12.7. The van der Waals surface area contributed by atoms with E-state index in [-0.39, 0.29) is 17.1 Å². The summed E-state index contributed by atoms with van der Waals surface area (Å²) in [5.74, 6) is 1.16. The van der Waals surface area contributed by atoms with E-state index in [0.29, 0.717) is 11.6 Å². The van der Waals surface area contributed by atoms with Gasteiger partial charge < -0.3 is 9.15 Å². The highest BCUT2D eigenvalue weighted by atomic mass is 79.9. The first kappa shape index (κ1) is 24.4. The number of nitrogens with zero attached hydrogens (tertiary/aromatic N) is 3. The van der Waals surface area contributed by atoms with Crippen LogP contribution in [0.4, 0.5) is 5.82 Å². The monoisotopic (exact) mass is 551 g/mol. The molecule has 3 heterocycles. The first-order chi connectivity index (χ1) is 17.0. The smallest absolute Gasteiger partial charge is 0.305 e. The Morgan fingerprint density at radius 3 is 2.75 bits per heavy atom. The first-order valence-corrected chi connectivity index (χ1v) is 12.8. The number of carbonyl (C=O) groups excluding carboxylic acids is 1. The van der Waals surface area contributed by atoms with E-state index in [0.717, 1.165) is 45.2 Å². The number of fused-ring (bicyclic) bond motifs is 2. The quantitative estimate of drug-likeness (QED) is 0.278. The summed E-state index contributed by atoms with van der Waals surface area (Å²) in [6, 6.07) is 7.31. The highest BCUT2D eigenvalue weighted by Gasteiger charge is 2.32. The summed E-state index contributed by atoms with van der Waals surface area (Å²) in [4.78, 5) is 17.3. The Kier molecular flexibility index (Phi) is 6.06. The number of pyridine rings is 1. The Labute approximate surface area is 218 Å². The van der Waals surface area contributed by atoms with Crippen LogP contribution in [0.15, 0.2) is 33.2 Å². The van der Waals surface area contributed by atoms with E-state index < -0.39 is 5.91 Å². The number of benzene rings is 1. The number of anilines is 1. The minimum atomic E-state index is -0.437. The summed E-state index contributed by atoms with van der Waals surface area (Å²) in [6.07, 6.45) is 3.38. The Hall–Kier alpha value is -3.33. The second kappa shape index (κ2) is 8.96. The molecule has 5 rings (SSSR count). The lowest BCUT2D eigenvalue weighted by Crippen LogP contribution is -2.29. The highest BCUT2D eigenvalue weighted by Crippen LogP contribution is 2.47. The molecule has 9 heteroatoms. The molecule has 0 atom stereocenters. The number of rotatable bonds is 5. The summed E-state index contributed by atoms with van der Waals surface area (Å²) in [5, 5.41) is 5.43. The van der Waals surface area contributed by atoms with Gasteiger partial charge in [0.15, 0.2) is 11.4 Å². The van der Waals surface area contributed by atoms with Crippen LogP contribution in [0.25, 0.3) is 11.0 Å². The van der Waals surface area contributed by atoms with Crippen molar-refractivity contribution in [2.45, 2.75) is 59.3 Å². The number of hydrazine groups is 1. The van der Waals surface area contributed by atoms with Crippen molar-refractivity contribution >= 4 is 38.7 Å². The molecule has 36 heavy (non-hydrogen) atoms. The van der Waals surface area contributed by atoms with Gasteiger partial charge in [0.25, 0.3) is 5.95 Å². The maximum Gasteiger partial charge on any atom is 0.305 e. The molecule has 0 saturated carbocycles. The number of hydrogen-bond acceptors (Lipinski definition) is 6. The number of nitrogens with one attached hydrogen (secondary N) is 2. The SMILES string of the molecule is Cc1cc2c(c(Br)c1Oc1ccc(C(=O)NNc3cc(C)c4c(C)nn(C)c4n3)o1)C(C)(C)CCC2. The molecule has 188 valence electrons. The number of hydrogen-bond donors (Lipinski definition) is 2. The van der Waals surface area contributed by atoms with Gasteiger partial charge >= 0.3 is 5.91 Å². The lowest BCUT2D eigenvalue weighted by molar-refractivity contribution is 0.0930. The zero-order valence-electron chi connectivity index (χ0n) is 21.4. The van der Waals surface area contributed by atoms with Crippen molar-refractivity contribution in [3.63, 3.8) is 0 Å². The molecule has 4 aromatic rings. The Balaban J connectivity index is 1.32. The predicted octanol–water partition coefficient (Wildman–Crippen LogP) is 6.41. The van der Waals surface area contributed by atoms with Crippen molar-refractivity contribution in [1.82, 2.24) is 20.2 Å². The average molecular weight is 552 g/mol. The van der Waals surface area contributed by atoms with Crippen LogP contribution >= 0.6 is 15.9 Å². The van der Waals surface area contributed by atoms with Crippen molar-refractivity contribution in [2.24, 2.45) is 7.05 Å². The minimum Gasteiger partial charge on any atom is -0.424 e. The molecule has 0 fully saturated rings. The van der Waals surface area contributed by atoms with Gasteiger partial charge in [-0.3, -0.25) is 20.3 Å². The van der Waals surface area contributed by atoms with Gasteiger partial charge in [0, 0.05) is 18.5 Å². The summed E-state index contributed by atoms with van der Waals surface area (Å²) in [6.45, 7) is 10.5. The van der Waals surface area contributed by atoms with Crippen molar-refractivity contribution in [1.29, 1.82) is 0 Å². The van der Waals surface area contributed by atoms with E-state index in [1.807, 2.05) is 33.9 Å². The van der Waals surface area contributed by atoms with Crippen LogP contribution in [-0.2, 0) is 18.9 Å². The Morgan fingerprint density at radius 1 is 1.19 bits per heavy atom. The summed E-state index contributed by atoms with van der Waals surface area (Å²) >= 11 is 3.80.